The largest absolute Gasteiger partial charge is 0.394 e. The molecule has 2 N–H and O–H groups in total. The number of carbonyl (C=O) groups excluding carboxylic acids is 1. The average Bonchev–Trinajstić information content (AvgIpc) is 2.73. The summed E-state index contributed by atoms with van der Waals surface area (Å²) >= 11 is 0. The molecule has 0 aromatic heterocycles. The Hall–Kier alpha value is -1.55. The average molecular weight is 248 g/mol. The number of hydrogen-bond donors (Lipinski definition) is 2. The molecule has 4 nitrogen and oxygen atoms in total. The van der Waals surface area contributed by atoms with Gasteiger partial charge >= 0.3 is 6.03 Å². The zero-order valence-electron chi connectivity index (χ0n) is 10.9. The second-order valence-electron chi connectivity index (χ2n) is 5.01. The summed E-state index contributed by atoms with van der Waals surface area (Å²) in [7, 11) is 0. The third-order valence-corrected chi connectivity index (χ3v) is 3.63. The molecule has 1 aliphatic heterocycles. The molecule has 98 valence electrons. The van der Waals surface area contributed by atoms with E-state index >= 15 is 0 Å². The highest BCUT2D eigenvalue weighted by Gasteiger charge is 2.33. The Balaban J connectivity index is 2.01. The SMILES string of the molecule is Cc1ccc(NC(=O)N2CCC(C)C2CO)cc1. The molecular formula is C14H20N2O2. The molecule has 2 atom stereocenters. The molecule has 2 unspecified atom stereocenters. The third kappa shape index (κ3) is 2.64. The van der Waals surface area contributed by atoms with Crippen LogP contribution in [0.15, 0.2) is 24.3 Å². The number of aliphatic hydroxyl groups excluding tert-OH is 1. The maximum Gasteiger partial charge on any atom is 0.322 e. The van der Waals surface area contributed by atoms with E-state index in [0.717, 1.165) is 17.7 Å². The number of hydrogen-bond acceptors (Lipinski definition) is 2. The number of aryl methyl sites for hydroxylation is 1. The van der Waals surface area contributed by atoms with Crippen LogP contribution in [-0.4, -0.2) is 35.2 Å². The number of carbonyl (C=O) groups is 1. The standard InChI is InChI=1S/C14H20N2O2/c1-10-3-5-12(6-4-10)15-14(18)16-8-7-11(2)13(16)9-17/h3-6,11,13,17H,7-9H2,1-2H3,(H,15,18). The van der Waals surface area contributed by atoms with Crippen molar-refractivity contribution >= 4 is 11.7 Å². The second kappa shape index (κ2) is 5.40. The van der Waals surface area contributed by atoms with Crippen LogP contribution >= 0.6 is 0 Å². The molecule has 0 bridgehead atoms. The van der Waals surface area contributed by atoms with Gasteiger partial charge in [0.15, 0.2) is 0 Å². The van der Waals surface area contributed by atoms with Crippen molar-refractivity contribution in [1.82, 2.24) is 4.90 Å². The highest BCUT2D eigenvalue weighted by atomic mass is 16.3. The number of anilines is 1. The highest BCUT2D eigenvalue weighted by Crippen LogP contribution is 2.24. The van der Waals surface area contributed by atoms with Crippen molar-refractivity contribution in [3.63, 3.8) is 0 Å². The summed E-state index contributed by atoms with van der Waals surface area (Å²) in [5.74, 6) is 0.360. The Bertz CT molecular complexity index is 416. The fourth-order valence-corrected chi connectivity index (χ4v) is 2.37. The Morgan fingerprint density at radius 1 is 1.44 bits per heavy atom. The van der Waals surface area contributed by atoms with Gasteiger partial charge in [-0.1, -0.05) is 24.6 Å². The molecule has 2 amide bonds. The van der Waals surface area contributed by atoms with E-state index < -0.39 is 0 Å². The topological polar surface area (TPSA) is 52.6 Å². The number of nitrogens with zero attached hydrogens (tertiary/aromatic N) is 1. The van der Waals surface area contributed by atoms with Crippen molar-refractivity contribution in [1.29, 1.82) is 0 Å². The van der Waals surface area contributed by atoms with Gasteiger partial charge < -0.3 is 15.3 Å². The molecule has 0 saturated carbocycles. The number of benzene rings is 1. The molecule has 2 rings (SSSR count). The predicted molar refractivity (Wildman–Crippen MR) is 71.6 cm³/mol. The fraction of sp³-hybridized carbons (Fsp3) is 0.500. The van der Waals surface area contributed by atoms with Crippen molar-refractivity contribution in [2.75, 3.05) is 18.5 Å². The summed E-state index contributed by atoms with van der Waals surface area (Å²) in [6.45, 7) is 4.82. The Morgan fingerprint density at radius 2 is 2.11 bits per heavy atom. The number of rotatable bonds is 2. The number of urea groups is 1. The quantitative estimate of drug-likeness (QED) is 0.843. The molecule has 1 aliphatic rings. The zero-order chi connectivity index (χ0) is 13.1. The summed E-state index contributed by atoms with van der Waals surface area (Å²) < 4.78 is 0. The maximum absolute atomic E-state index is 12.1. The van der Waals surface area contributed by atoms with Crippen LogP contribution in [0.3, 0.4) is 0 Å². The molecule has 1 saturated heterocycles. The van der Waals surface area contributed by atoms with Crippen molar-refractivity contribution in [3.8, 4) is 0 Å². The van der Waals surface area contributed by atoms with Crippen molar-refractivity contribution in [3.05, 3.63) is 29.8 Å². The molecule has 0 radical (unpaired) electrons. The van der Waals surface area contributed by atoms with E-state index in [1.807, 2.05) is 31.2 Å². The summed E-state index contributed by atoms with van der Waals surface area (Å²) in [5.41, 5.74) is 1.96. The molecular weight excluding hydrogens is 228 g/mol. The molecule has 0 spiro atoms. The van der Waals surface area contributed by atoms with Crippen LogP contribution in [0.4, 0.5) is 10.5 Å². The normalized spacial score (nSPS) is 23.2. The van der Waals surface area contributed by atoms with Gasteiger partial charge in [-0.15, -0.1) is 0 Å². The van der Waals surface area contributed by atoms with E-state index in [1.165, 1.54) is 0 Å². The highest BCUT2D eigenvalue weighted by molar-refractivity contribution is 5.89. The zero-order valence-corrected chi connectivity index (χ0v) is 10.9. The first-order valence-corrected chi connectivity index (χ1v) is 6.37. The lowest BCUT2D eigenvalue weighted by atomic mass is 10.0. The van der Waals surface area contributed by atoms with Gasteiger partial charge in [-0.3, -0.25) is 0 Å². The lowest BCUT2D eigenvalue weighted by Gasteiger charge is -2.25. The minimum absolute atomic E-state index is 0.0302. The molecule has 18 heavy (non-hydrogen) atoms. The van der Waals surface area contributed by atoms with Crippen molar-refractivity contribution < 1.29 is 9.90 Å². The van der Waals surface area contributed by atoms with Gasteiger partial charge in [0.25, 0.3) is 0 Å². The molecule has 1 aromatic rings. The predicted octanol–water partition coefficient (Wildman–Crippen LogP) is 2.23. The van der Waals surface area contributed by atoms with Crippen LogP contribution < -0.4 is 5.32 Å². The minimum Gasteiger partial charge on any atom is -0.394 e. The first kappa shape index (κ1) is 12.9. The van der Waals surface area contributed by atoms with Crippen LogP contribution in [0.25, 0.3) is 0 Å². The van der Waals surface area contributed by atoms with Crippen LogP contribution in [0.5, 0.6) is 0 Å². The van der Waals surface area contributed by atoms with Crippen molar-refractivity contribution in [2.45, 2.75) is 26.3 Å². The van der Waals surface area contributed by atoms with E-state index in [2.05, 4.69) is 12.2 Å². The Labute approximate surface area is 108 Å². The molecule has 4 heteroatoms. The summed E-state index contributed by atoms with van der Waals surface area (Å²) in [5, 5.41) is 12.2. The van der Waals surface area contributed by atoms with Crippen LogP contribution in [-0.2, 0) is 0 Å². The summed E-state index contributed by atoms with van der Waals surface area (Å²) in [6, 6.07) is 7.52. The first-order chi connectivity index (χ1) is 8.61. The molecule has 1 aromatic carbocycles. The molecule has 1 heterocycles. The smallest absolute Gasteiger partial charge is 0.322 e. The molecule has 0 aliphatic carbocycles. The van der Waals surface area contributed by atoms with Gasteiger partial charge in [0.1, 0.15) is 0 Å². The van der Waals surface area contributed by atoms with Crippen LogP contribution in [0.2, 0.25) is 0 Å². The summed E-state index contributed by atoms with van der Waals surface area (Å²) in [6.07, 6.45) is 0.951. The van der Waals surface area contributed by atoms with Gasteiger partial charge in [-0.25, -0.2) is 4.79 Å². The van der Waals surface area contributed by atoms with Crippen LogP contribution in [0, 0.1) is 12.8 Å². The monoisotopic (exact) mass is 248 g/mol. The van der Waals surface area contributed by atoms with E-state index in [4.69, 9.17) is 0 Å². The number of amides is 2. The number of likely N-dealkylation sites (tertiary alicyclic amines) is 1. The third-order valence-electron chi connectivity index (χ3n) is 3.63. The summed E-state index contributed by atoms with van der Waals surface area (Å²) in [4.78, 5) is 13.8. The number of aliphatic hydroxyl groups is 1. The van der Waals surface area contributed by atoms with Gasteiger partial charge in [0.05, 0.1) is 12.6 Å². The fourth-order valence-electron chi connectivity index (χ4n) is 2.37. The van der Waals surface area contributed by atoms with E-state index in [9.17, 15) is 9.90 Å². The molecule has 1 fully saturated rings. The van der Waals surface area contributed by atoms with Gasteiger partial charge in [-0.05, 0) is 31.4 Å². The second-order valence-corrected chi connectivity index (χ2v) is 5.01. The maximum atomic E-state index is 12.1. The lowest BCUT2D eigenvalue weighted by molar-refractivity contribution is 0.152. The van der Waals surface area contributed by atoms with Crippen molar-refractivity contribution in [2.24, 2.45) is 5.92 Å². The van der Waals surface area contributed by atoms with Gasteiger partial charge in [-0.2, -0.15) is 0 Å². The number of nitrogens with one attached hydrogen (secondary N) is 1. The van der Waals surface area contributed by atoms with Gasteiger partial charge in [0.2, 0.25) is 0 Å². The minimum atomic E-state index is -0.123. The van der Waals surface area contributed by atoms with E-state index in [0.29, 0.717) is 12.5 Å². The first-order valence-electron chi connectivity index (χ1n) is 6.37. The van der Waals surface area contributed by atoms with Gasteiger partial charge in [0, 0.05) is 12.2 Å². The Morgan fingerprint density at radius 3 is 2.72 bits per heavy atom. The Kier molecular flexibility index (Phi) is 3.87. The van der Waals surface area contributed by atoms with Crippen LogP contribution in [0.1, 0.15) is 18.9 Å². The van der Waals surface area contributed by atoms with E-state index in [-0.39, 0.29) is 18.7 Å². The lowest BCUT2D eigenvalue weighted by Crippen LogP contribution is -2.42. The van der Waals surface area contributed by atoms with E-state index in [1.54, 1.807) is 4.90 Å².